The van der Waals surface area contributed by atoms with Crippen molar-refractivity contribution in [3.05, 3.63) is 34.9 Å². The maximum atomic E-state index is 13.5. The topological polar surface area (TPSA) is 26.0 Å². The molecule has 2 N–H and O–H groups in total. The van der Waals surface area contributed by atoms with Crippen molar-refractivity contribution in [3.8, 4) is 0 Å². The van der Waals surface area contributed by atoms with Crippen molar-refractivity contribution >= 4 is 0 Å². The lowest BCUT2D eigenvalue weighted by Gasteiger charge is -2.17. The molecule has 0 bridgehead atoms. The molecule has 0 aromatic heterocycles. The summed E-state index contributed by atoms with van der Waals surface area (Å²) in [5, 5.41) is 0. The van der Waals surface area contributed by atoms with Gasteiger partial charge in [0.15, 0.2) is 23.3 Å². The molecule has 1 aromatic rings. The molecule has 0 spiro atoms. The summed E-state index contributed by atoms with van der Waals surface area (Å²) >= 11 is 0. The fourth-order valence-corrected chi connectivity index (χ4v) is 2.04. The molecule has 1 unspecified atom stereocenters. The summed E-state index contributed by atoms with van der Waals surface area (Å²) in [6.07, 6.45) is 0.288. The lowest BCUT2D eigenvalue weighted by molar-refractivity contribution is 0.399. The molecule has 16 heavy (non-hydrogen) atoms. The molecule has 5 heteroatoms. The zero-order valence-corrected chi connectivity index (χ0v) is 8.87. The first-order chi connectivity index (χ1) is 7.21. The largest absolute Gasteiger partial charge is 0.321 e. The Labute approximate surface area is 90.3 Å². The van der Waals surface area contributed by atoms with Gasteiger partial charge in [0, 0.05) is 6.07 Å². The van der Waals surface area contributed by atoms with E-state index in [0.29, 0.717) is 0 Å². The first kappa shape index (κ1) is 11.4. The third kappa shape index (κ3) is 1.27. The Balaban J connectivity index is 2.67. The summed E-state index contributed by atoms with van der Waals surface area (Å²) in [5.41, 5.74) is 3.20. The first-order valence-corrected chi connectivity index (χ1v) is 4.83. The standard InChI is InChI=1S/C11H11F4N/c1-10(2)4-11(10,16)7-8(14)5(12)3-6(13)9(7)15/h3H,4,16H2,1-2H3. The lowest BCUT2D eigenvalue weighted by Crippen LogP contribution is -2.29. The van der Waals surface area contributed by atoms with Crippen LogP contribution in [0.3, 0.4) is 0 Å². The number of hydrogen-bond acceptors (Lipinski definition) is 1. The van der Waals surface area contributed by atoms with Gasteiger partial charge in [-0.3, -0.25) is 0 Å². The quantitative estimate of drug-likeness (QED) is 0.585. The van der Waals surface area contributed by atoms with Gasteiger partial charge in [-0.15, -0.1) is 0 Å². The van der Waals surface area contributed by atoms with E-state index in [2.05, 4.69) is 0 Å². The highest BCUT2D eigenvalue weighted by molar-refractivity contribution is 5.38. The molecule has 1 aromatic carbocycles. The smallest absolute Gasteiger partial charge is 0.167 e. The molecular formula is C11H11F4N. The van der Waals surface area contributed by atoms with Crippen LogP contribution in [-0.2, 0) is 5.54 Å². The predicted octanol–water partition coefficient (Wildman–Crippen LogP) is 2.83. The molecule has 1 aliphatic rings. The van der Waals surface area contributed by atoms with Crippen LogP contribution in [-0.4, -0.2) is 0 Å². The Morgan fingerprint density at radius 3 is 1.75 bits per heavy atom. The molecular weight excluding hydrogens is 222 g/mol. The monoisotopic (exact) mass is 233 g/mol. The van der Waals surface area contributed by atoms with E-state index < -0.39 is 39.8 Å². The maximum Gasteiger partial charge on any atom is 0.167 e. The molecule has 88 valence electrons. The third-order valence-corrected chi connectivity index (χ3v) is 3.36. The average Bonchev–Trinajstić information content (AvgIpc) is 2.63. The molecule has 0 amide bonds. The molecule has 1 fully saturated rings. The summed E-state index contributed by atoms with van der Waals surface area (Å²) in [4.78, 5) is 0. The first-order valence-electron chi connectivity index (χ1n) is 4.83. The zero-order chi connectivity index (χ0) is 12.3. The van der Waals surface area contributed by atoms with E-state index in [0.717, 1.165) is 0 Å². The molecule has 1 nitrogen and oxygen atoms in total. The summed E-state index contributed by atoms with van der Waals surface area (Å²) in [6, 6.07) is 0.187. The van der Waals surface area contributed by atoms with Gasteiger partial charge < -0.3 is 5.73 Å². The fraction of sp³-hybridized carbons (Fsp3) is 0.455. The molecule has 0 saturated heterocycles. The third-order valence-electron chi connectivity index (χ3n) is 3.36. The van der Waals surface area contributed by atoms with Crippen LogP contribution >= 0.6 is 0 Å². The van der Waals surface area contributed by atoms with Gasteiger partial charge in [0.2, 0.25) is 0 Å². The summed E-state index contributed by atoms with van der Waals surface area (Å²) < 4.78 is 52.9. The number of rotatable bonds is 1. The fourth-order valence-electron chi connectivity index (χ4n) is 2.04. The van der Waals surface area contributed by atoms with Crippen LogP contribution in [0.15, 0.2) is 6.07 Å². The molecule has 1 aliphatic carbocycles. The van der Waals surface area contributed by atoms with E-state index in [1.165, 1.54) is 0 Å². The van der Waals surface area contributed by atoms with Gasteiger partial charge in [0.1, 0.15) is 0 Å². The van der Waals surface area contributed by atoms with E-state index >= 15 is 0 Å². The van der Waals surface area contributed by atoms with Crippen LogP contribution in [0, 0.1) is 28.7 Å². The summed E-state index contributed by atoms with van der Waals surface area (Å²) in [6.45, 7) is 3.38. The molecule has 1 saturated carbocycles. The van der Waals surface area contributed by atoms with E-state index in [4.69, 9.17) is 5.73 Å². The van der Waals surface area contributed by atoms with E-state index in [1.807, 2.05) is 0 Å². The van der Waals surface area contributed by atoms with Crippen LogP contribution in [0.4, 0.5) is 17.6 Å². The van der Waals surface area contributed by atoms with Gasteiger partial charge in [0.05, 0.1) is 11.1 Å². The SMILES string of the molecule is CC1(C)CC1(N)c1c(F)c(F)cc(F)c1F. The van der Waals surface area contributed by atoms with Gasteiger partial charge in [-0.05, 0) is 11.8 Å². The molecule has 0 radical (unpaired) electrons. The minimum Gasteiger partial charge on any atom is -0.321 e. The Morgan fingerprint density at radius 1 is 1.06 bits per heavy atom. The highest BCUT2D eigenvalue weighted by atomic mass is 19.2. The van der Waals surface area contributed by atoms with Gasteiger partial charge in [-0.1, -0.05) is 13.8 Å². The maximum absolute atomic E-state index is 13.5. The number of hydrogen-bond donors (Lipinski definition) is 1. The second-order valence-corrected chi connectivity index (χ2v) is 4.88. The van der Waals surface area contributed by atoms with Crippen LogP contribution < -0.4 is 5.73 Å². The van der Waals surface area contributed by atoms with E-state index in [-0.39, 0.29) is 12.5 Å². The molecule has 1 atom stereocenters. The van der Waals surface area contributed by atoms with Crippen LogP contribution in [0.2, 0.25) is 0 Å². The Morgan fingerprint density at radius 2 is 1.44 bits per heavy atom. The van der Waals surface area contributed by atoms with Crippen molar-refractivity contribution in [2.75, 3.05) is 0 Å². The van der Waals surface area contributed by atoms with Crippen molar-refractivity contribution in [1.82, 2.24) is 0 Å². The lowest BCUT2D eigenvalue weighted by atomic mass is 9.95. The molecule has 0 heterocycles. The average molecular weight is 233 g/mol. The summed E-state index contributed by atoms with van der Waals surface area (Å²) in [5.74, 6) is -5.62. The van der Waals surface area contributed by atoms with Crippen LogP contribution in [0.25, 0.3) is 0 Å². The number of halogens is 4. The minimum atomic E-state index is -1.42. The van der Waals surface area contributed by atoms with Gasteiger partial charge in [-0.2, -0.15) is 0 Å². The predicted molar refractivity (Wildman–Crippen MR) is 50.5 cm³/mol. The van der Waals surface area contributed by atoms with Crippen molar-refractivity contribution in [2.24, 2.45) is 11.1 Å². The zero-order valence-electron chi connectivity index (χ0n) is 8.87. The normalized spacial score (nSPS) is 26.9. The Bertz CT molecular complexity index is 443. The number of benzene rings is 1. The van der Waals surface area contributed by atoms with Crippen molar-refractivity contribution in [1.29, 1.82) is 0 Å². The second-order valence-electron chi connectivity index (χ2n) is 4.88. The van der Waals surface area contributed by atoms with Gasteiger partial charge in [-0.25, -0.2) is 17.6 Å². The van der Waals surface area contributed by atoms with Gasteiger partial charge >= 0.3 is 0 Å². The van der Waals surface area contributed by atoms with Crippen LogP contribution in [0.1, 0.15) is 25.8 Å². The number of nitrogens with two attached hydrogens (primary N) is 1. The Hall–Kier alpha value is -1.10. The van der Waals surface area contributed by atoms with Crippen molar-refractivity contribution in [2.45, 2.75) is 25.8 Å². The van der Waals surface area contributed by atoms with Crippen molar-refractivity contribution in [3.63, 3.8) is 0 Å². The second kappa shape index (κ2) is 2.97. The Kier molecular flexibility index (Phi) is 2.11. The highest BCUT2D eigenvalue weighted by Gasteiger charge is 2.62. The highest BCUT2D eigenvalue weighted by Crippen LogP contribution is 2.61. The van der Waals surface area contributed by atoms with E-state index in [1.54, 1.807) is 13.8 Å². The molecule has 0 aliphatic heterocycles. The van der Waals surface area contributed by atoms with Gasteiger partial charge in [0.25, 0.3) is 0 Å². The van der Waals surface area contributed by atoms with E-state index in [9.17, 15) is 17.6 Å². The molecule has 2 rings (SSSR count). The van der Waals surface area contributed by atoms with Crippen molar-refractivity contribution < 1.29 is 17.6 Å². The van der Waals surface area contributed by atoms with Crippen LogP contribution in [0.5, 0.6) is 0 Å². The summed E-state index contributed by atoms with van der Waals surface area (Å²) in [7, 11) is 0. The minimum absolute atomic E-state index is 0.187.